The molecule has 0 radical (unpaired) electrons. The van der Waals surface area contributed by atoms with Gasteiger partial charge in [0, 0.05) is 22.9 Å². The Labute approximate surface area is 92.2 Å². The maximum absolute atomic E-state index is 12.6. The number of carbonyl (C=O) groups is 1. The Morgan fingerprint density at radius 1 is 1.41 bits per heavy atom. The molecule has 0 aliphatic heterocycles. The van der Waals surface area contributed by atoms with Crippen molar-refractivity contribution in [3.63, 3.8) is 0 Å². The second-order valence-electron chi connectivity index (χ2n) is 3.02. The molecule has 1 heterocycles. The third kappa shape index (κ3) is 3.11. The number of rotatable bonds is 3. The number of aromatic nitrogens is 1. The monoisotopic (exact) mass is 255 g/mol. The van der Waals surface area contributed by atoms with E-state index in [1.807, 2.05) is 0 Å². The molecule has 8 heteroatoms. The molecular weight excluding hydrogens is 249 g/mol. The topological polar surface area (TPSA) is 39.2 Å². The maximum Gasteiger partial charge on any atom is 0.574 e. The second kappa shape index (κ2) is 4.64. The van der Waals surface area contributed by atoms with Gasteiger partial charge in [0.15, 0.2) is 6.29 Å². The van der Waals surface area contributed by atoms with Crippen molar-refractivity contribution in [2.75, 3.05) is 0 Å². The summed E-state index contributed by atoms with van der Waals surface area (Å²) < 4.78 is 64.3. The molecule has 0 saturated heterocycles. The standard InChI is InChI=1S/C9H6F5NO2/c1-4-6(7(10)11)5(3-16)2-15-8(4)17-9(12,13)14/h2-3,7H,1H3. The molecule has 1 aromatic rings. The van der Waals surface area contributed by atoms with Gasteiger partial charge in [-0.1, -0.05) is 0 Å². The molecule has 3 nitrogen and oxygen atoms in total. The lowest BCUT2D eigenvalue weighted by Gasteiger charge is -2.13. The van der Waals surface area contributed by atoms with Crippen molar-refractivity contribution < 1.29 is 31.5 Å². The summed E-state index contributed by atoms with van der Waals surface area (Å²) >= 11 is 0. The first-order valence-corrected chi connectivity index (χ1v) is 4.25. The van der Waals surface area contributed by atoms with E-state index in [-0.39, 0.29) is 6.29 Å². The van der Waals surface area contributed by atoms with Gasteiger partial charge in [0.25, 0.3) is 6.43 Å². The van der Waals surface area contributed by atoms with Gasteiger partial charge in [-0.2, -0.15) is 0 Å². The summed E-state index contributed by atoms with van der Waals surface area (Å²) in [5, 5.41) is 0. The second-order valence-corrected chi connectivity index (χ2v) is 3.02. The van der Waals surface area contributed by atoms with Gasteiger partial charge < -0.3 is 4.74 Å². The molecule has 0 N–H and O–H groups in total. The average Bonchev–Trinajstić information content (AvgIpc) is 2.18. The van der Waals surface area contributed by atoms with Gasteiger partial charge in [0.1, 0.15) is 0 Å². The Balaban J connectivity index is 3.28. The van der Waals surface area contributed by atoms with Gasteiger partial charge in [-0.25, -0.2) is 13.8 Å². The van der Waals surface area contributed by atoms with E-state index in [9.17, 15) is 26.7 Å². The molecule has 0 bridgehead atoms. The van der Waals surface area contributed by atoms with E-state index in [1.54, 1.807) is 0 Å². The third-order valence-corrected chi connectivity index (χ3v) is 1.91. The minimum atomic E-state index is -5.03. The van der Waals surface area contributed by atoms with Crippen LogP contribution in [0.2, 0.25) is 0 Å². The zero-order chi connectivity index (χ0) is 13.2. The van der Waals surface area contributed by atoms with Gasteiger partial charge in [-0.3, -0.25) is 4.79 Å². The lowest BCUT2D eigenvalue weighted by Crippen LogP contribution is -2.19. The maximum atomic E-state index is 12.6. The summed E-state index contributed by atoms with van der Waals surface area (Å²) in [5.41, 5.74) is -1.79. The van der Waals surface area contributed by atoms with Crippen LogP contribution in [-0.4, -0.2) is 17.6 Å². The molecule has 17 heavy (non-hydrogen) atoms. The van der Waals surface area contributed by atoms with Crippen molar-refractivity contribution in [1.29, 1.82) is 0 Å². The summed E-state index contributed by atoms with van der Waals surface area (Å²) in [6.45, 7) is 0.975. The lowest BCUT2D eigenvalue weighted by atomic mass is 10.1. The van der Waals surface area contributed by atoms with Crippen molar-refractivity contribution in [2.45, 2.75) is 19.7 Å². The Bertz CT molecular complexity index is 430. The van der Waals surface area contributed by atoms with Crippen molar-refractivity contribution in [3.8, 4) is 5.88 Å². The SMILES string of the molecule is Cc1c(OC(F)(F)F)ncc(C=O)c1C(F)F. The number of nitrogens with zero attached hydrogens (tertiary/aromatic N) is 1. The van der Waals surface area contributed by atoms with Gasteiger partial charge in [0.2, 0.25) is 5.88 Å². The molecule has 1 rings (SSSR count). The van der Waals surface area contributed by atoms with E-state index in [0.29, 0.717) is 6.20 Å². The van der Waals surface area contributed by atoms with E-state index in [0.717, 1.165) is 6.92 Å². The highest BCUT2D eigenvalue weighted by molar-refractivity contribution is 5.78. The predicted molar refractivity (Wildman–Crippen MR) is 46.0 cm³/mol. The molecule has 0 aromatic carbocycles. The van der Waals surface area contributed by atoms with Crippen molar-refractivity contribution in [1.82, 2.24) is 4.98 Å². The molecule has 94 valence electrons. The Morgan fingerprint density at radius 3 is 2.41 bits per heavy atom. The summed E-state index contributed by atoms with van der Waals surface area (Å²) in [6, 6.07) is 0. The molecule has 0 aliphatic carbocycles. The highest BCUT2D eigenvalue weighted by Crippen LogP contribution is 2.32. The third-order valence-electron chi connectivity index (χ3n) is 1.91. The lowest BCUT2D eigenvalue weighted by molar-refractivity contribution is -0.276. The Kier molecular flexibility index (Phi) is 3.64. The van der Waals surface area contributed by atoms with Crippen LogP contribution >= 0.6 is 0 Å². The highest BCUT2D eigenvalue weighted by Gasteiger charge is 2.33. The van der Waals surface area contributed by atoms with E-state index in [2.05, 4.69) is 9.72 Å². The zero-order valence-electron chi connectivity index (χ0n) is 8.39. The highest BCUT2D eigenvalue weighted by atomic mass is 19.4. The fourth-order valence-corrected chi connectivity index (χ4v) is 1.22. The van der Waals surface area contributed by atoms with Crippen LogP contribution in [0, 0.1) is 6.92 Å². The smallest absolute Gasteiger partial charge is 0.388 e. The minimum Gasteiger partial charge on any atom is -0.388 e. The molecule has 0 atom stereocenters. The first kappa shape index (κ1) is 13.3. The van der Waals surface area contributed by atoms with Crippen LogP contribution in [0.4, 0.5) is 22.0 Å². The van der Waals surface area contributed by atoms with Crippen LogP contribution in [0.15, 0.2) is 6.20 Å². The van der Waals surface area contributed by atoms with Gasteiger partial charge >= 0.3 is 6.36 Å². The number of halogens is 5. The number of hydrogen-bond donors (Lipinski definition) is 0. The van der Waals surface area contributed by atoms with Crippen molar-refractivity contribution in [2.24, 2.45) is 0 Å². The largest absolute Gasteiger partial charge is 0.574 e. The number of aldehydes is 1. The Hall–Kier alpha value is -1.73. The molecule has 0 saturated carbocycles. The Morgan fingerprint density at radius 2 is 2.00 bits per heavy atom. The molecular formula is C9H6F5NO2. The number of pyridine rings is 1. The van der Waals surface area contributed by atoms with Gasteiger partial charge in [0.05, 0.1) is 0 Å². The number of carbonyl (C=O) groups excluding carboxylic acids is 1. The van der Waals surface area contributed by atoms with E-state index in [4.69, 9.17) is 0 Å². The quantitative estimate of drug-likeness (QED) is 0.615. The molecule has 0 spiro atoms. The summed E-state index contributed by atoms with van der Waals surface area (Å²) in [5.74, 6) is -0.988. The van der Waals surface area contributed by atoms with Crippen LogP contribution in [0.5, 0.6) is 5.88 Å². The average molecular weight is 255 g/mol. The molecule has 0 unspecified atom stereocenters. The van der Waals surface area contributed by atoms with Crippen molar-refractivity contribution >= 4 is 6.29 Å². The number of hydrogen-bond acceptors (Lipinski definition) is 3. The van der Waals surface area contributed by atoms with Crippen LogP contribution in [0.1, 0.15) is 27.9 Å². The van der Waals surface area contributed by atoms with Crippen LogP contribution in [-0.2, 0) is 0 Å². The van der Waals surface area contributed by atoms with Crippen LogP contribution in [0.3, 0.4) is 0 Å². The van der Waals surface area contributed by atoms with E-state index >= 15 is 0 Å². The summed E-state index contributed by atoms with van der Waals surface area (Å²) in [7, 11) is 0. The van der Waals surface area contributed by atoms with Gasteiger partial charge in [-0.05, 0) is 6.92 Å². The van der Waals surface area contributed by atoms with Gasteiger partial charge in [-0.15, -0.1) is 13.2 Å². The van der Waals surface area contributed by atoms with Crippen molar-refractivity contribution in [3.05, 3.63) is 22.9 Å². The first-order chi connectivity index (χ1) is 7.76. The van der Waals surface area contributed by atoms with E-state index < -0.39 is 35.4 Å². The molecule has 0 fully saturated rings. The number of alkyl halides is 5. The molecule has 0 amide bonds. The molecule has 1 aromatic heterocycles. The fraction of sp³-hybridized carbons (Fsp3) is 0.333. The van der Waals surface area contributed by atoms with Crippen LogP contribution in [0.25, 0.3) is 0 Å². The summed E-state index contributed by atoms with van der Waals surface area (Å²) in [4.78, 5) is 13.6. The van der Waals surface area contributed by atoms with Crippen LogP contribution < -0.4 is 4.74 Å². The number of ether oxygens (including phenoxy) is 1. The normalized spacial score (nSPS) is 11.7. The molecule has 0 aliphatic rings. The fourth-order valence-electron chi connectivity index (χ4n) is 1.22. The predicted octanol–water partition coefficient (Wildman–Crippen LogP) is 3.04. The minimum absolute atomic E-state index is 0.0961. The first-order valence-electron chi connectivity index (χ1n) is 4.25. The van der Waals surface area contributed by atoms with E-state index in [1.165, 1.54) is 0 Å². The zero-order valence-corrected chi connectivity index (χ0v) is 8.39. The summed E-state index contributed by atoms with van der Waals surface area (Å²) in [6.07, 6.45) is -7.41.